The van der Waals surface area contributed by atoms with Crippen LogP contribution in [-0.2, 0) is 16.1 Å². The summed E-state index contributed by atoms with van der Waals surface area (Å²) >= 11 is 1.56. The second-order valence-electron chi connectivity index (χ2n) is 5.07. The summed E-state index contributed by atoms with van der Waals surface area (Å²) in [4.78, 5) is 7.81. The zero-order valence-electron chi connectivity index (χ0n) is 11.9. The van der Waals surface area contributed by atoms with Crippen LogP contribution in [0.4, 0.5) is 5.13 Å². The summed E-state index contributed by atoms with van der Waals surface area (Å²) in [6.07, 6.45) is 0.156. The lowest BCUT2D eigenvalue weighted by Gasteiger charge is -2.13. The number of anilines is 1. The van der Waals surface area contributed by atoms with Crippen molar-refractivity contribution >= 4 is 16.5 Å². The molecular formula is C13H22N2O3S. The third-order valence-corrected chi connectivity index (χ3v) is 4.61. The summed E-state index contributed by atoms with van der Waals surface area (Å²) in [5, 5.41) is 10.4. The van der Waals surface area contributed by atoms with Crippen LogP contribution in [-0.4, -0.2) is 49.6 Å². The molecule has 1 fully saturated rings. The van der Waals surface area contributed by atoms with Crippen LogP contribution in [0.1, 0.15) is 30.3 Å². The molecule has 0 amide bonds. The Kier molecular flexibility index (Phi) is 4.78. The molecule has 0 bridgehead atoms. The first-order valence-corrected chi connectivity index (χ1v) is 7.33. The maximum Gasteiger partial charge on any atom is 0.186 e. The number of nitrogens with zero attached hydrogens (tertiary/aromatic N) is 2. The number of rotatable bonds is 5. The van der Waals surface area contributed by atoms with Crippen LogP contribution in [0.15, 0.2) is 0 Å². The third kappa shape index (κ3) is 2.91. The summed E-state index contributed by atoms with van der Waals surface area (Å²) in [7, 11) is 3.42. The average molecular weight is 286 g/mol. The van der Waals surface area contributed by atoms with E-state index in [1.54, 1.807) is 25.6 Å². The number of aliphatic hydroxyl groups is 1. The lowest BCUT2D eigenvalue weighted by Crippen LogP contribution is -2.27. The van der Waals surface area contributed by atoms with Crippen LogP contribution in [0.5, 0.6) is 0 Å². The maximum absolute atomic E-state index is 9.42. The Morgan fingerprint density at radius 1 is 1.32 bits per heavy atom. The Labute approximate surface area is 118 Å². The zero-order valence-corrected chi connectivity index (χ0v) is 12.7. The van der Waals surface area contributed by atoms with Gasteiger partial charge in [0.2, 0.25) is 0 Å². The van der Waals surface area contributed by atoms with Crippen molar-refractivity contribution in [2.75, 3.05) is 32.2 Å². The summed E-state index contributed by atoms with van der Waals surface area (Å²) in [5.74, 6) is 0.325. The molecule has 1 N–H and O–H groups in total. The number of aromatic nitrogens is 1. The van der Waals surface area contributed by atoms with Crippen LogP contribution in [0.25, 0.3) is 0 Å². The molecular weight excluding hydrogens is 264 g/mol. The fourth-order valence-electron chi connectivity index (χ4n) is 2.40. The van der Waals surface area contributed by atoms with Crippen molar-refractivity contribution in [2.24, 2.45) is 0 Å². The third-order valence-electron chi connectivity index (χ3n) is 3.50. The topological polar surface area (TPSA) is 54.8 Å². The molecule has 1 aliphatic rings. The first kappa shape index (κ1) is 14.7. The van der Waals surface area contributed by atoms with Crippen molar-refractivity contribution in [3.05, 3.63) is 10.6 Å². The van der Waals surface area contributed by atoms with Crippen LogP contribution >= 0.6 is 11.3 Å². The van der Waals surface area contributed by atoms with Crippen molar-refractivity contribution < 1.29 is 14.6 Å². The van der Waals surface area contributed by atoms with Crippen molar-refractivity contribution in [3.63, 3.8) is 0 Å². The van der Waals surface area contributed by atoms with Gasteiger partial charge >= 0.3 is 0 Å². The van der Waals surface area contributed by atoms with E-state index in [4.69, 9.17) is 9.47 Å². The van der Waals surface area contributed by atoms with Crippen LogP contribution in [0.3, 0.4) is 0 Å². The van der Waals surface area contributed by atoms with E-state index in [0.717, 1.165) is 28.8 Å². The van der Waals surface area contributed by atoms with Gasteiger partial charge in [-0.2, -0.15) is 0 Å². The highest BCUT2D eigenvalue weighted by Crippen LogP contribution is 2.33. The molecule has 2 unspecified atom stereocenters. The Morgan fingerprint density at radius 2 is 1.89 bits per heavy atom. The Bertz CT molecular complexity index is 410. The van der Waals surface area contributed by atoms with E-state index in [1.807, 2.05) is 0 Å². The molecule has 1 aromatic rings. The zero-order chi connectivity index (χ0) is 14.0. The van der Waals surface area contributed by atoms with Gasteiger partial charge < -0.3 is 19.5 Å². The summed E-state index contributed by atoms with van der Waals surface area (Å²) < 4.78 is 10.9. The number of hydrogen-bond donors (Lipinski definition) is 1. The number of methoxy groups -OCH3 is 2. The minimum absolute atomic E-state index is 0.0560. The molecule has 0 radical (unpaired) electrons. The van der Waals surface area contributed by atoms with E-state index in [1.165, 1.54) is 0 Å². The van der Waals surface area contributed by atoms with Gasteiger partial charge in [-0.05, 0) is 5.92 Å². The highest BCUT2D eigenvalue weighted by atomic mass is 32.1. The molecule has 0 spiro atoms. The molecule has 2 rings (SSSR count). The van der Waals surface area contributed by atoms with Gasteiger partial charge in [-0.15, -0.1) is 0 Å². The van der Waals surface area contributed by atoms with E-state index in [0.29, 0.717) is 5.92 Å². The SMILES string of the molecule is COC1CN(c2nc(C(C)C)c(CO)s2)CC1OC. The maximum atomic E-state index is 9.42. The van der Waals surface area contributed by atoms with Crippen molar-refractivity contribution in [2.45, 2.75) is 38.6 Å². The van der Waals surface area contributed by atoms with E-state index >= 15 is 0 Å². The predicted octanol–water partition coefficient (Wildman–Crippen LogP) is 1.61. The quantitative estimate of drug-likeness (QED) is 0.891. The molecule has 0 saturated carbocycles. The van der Waals surface area contributed by atoms with Gasteiger partial charge in [0.25, 0.3) is 0 Å². The van der Waals surface area contributed by atoms with Gasteiger partial charge in [0, 0.05) is 27.3 Å². The fraction of sp³-hybridized carbons (Fsp3) is 0.769. The minimum Gasteiger partial charge on any atom is -0.391 e. The van der Waals surface area contributed by atoms with Gasteiger partial charge in [0.15, 0.2) is 5.13 Å². The molecule has 2 atom stereocenters. The lowest BCUT2D eigenvalue weighted by atomic mass is 10.1. The summed E-state index contributed by atoms with van der Waals surface area (Å²) in [6, 6.07) is 0. The van der Waals surface area contributed by atoms with Crippen LogP contribution in [0, 0.1) is 0 Å². The van der Waals surface area contributed by atoms with Crippen molar-refractivity contribution in [3.8, 4) is 0 Å². The predicted molar refractivity (Wildman–Crippen MR) is 75.9 cm³/mol. The summed E-state index contributed by atoms with van der Waals surface area (Å²) in [6.45, 7) is 5.81. The lowest BCUT2D eigenvalue weighted by molar-refractivity contribution is -0.00461. The number of hydrogen-bond acceptors (Lipinski definition) is 6. The molecule has 19 heavy (non-hydrogen) atoms. The molecule has 1 aromatic heterocycles. The van der Waals surface area contributed by atoms with Crippen molar-refractivity contribution in [1.82, 2.24) is 4.98 Å². The van der Waals surface area contributed by atoms with E-state index in [-0.39, 0.29) is 18.8 Å². The Morgan fingerprint density at radius 3 is 2.26 bits per heavy atom. The minimum atomic E-state index is 0.0560. The monoisotopic (exact) mass is 286 g/mol. The number of thiazole rings is 1. The average Bonchev–Trinajstić information content (AvgIpc) is 3.01. The van der Waals surface area contributed by atoms with Crippen LogP contribution in [0.2, 0.25) is 0 Å². The van der Waals surface area contributed by atoms with Gasteiger partial charge in [0.05, 0.1) is 17.2 Å². The van der Waals surface area contributed by atoms with Crippen molar-refractivity contribution in [1.29, 1.82) is 0 Å². The normalized spacial score (nSPS) is 23.6. The largest absolute Gasteiger partial charge is 0.391 e. The van der Waals surface area contributed by atoms with E-state index in [9.17, 15) is 5.11 Å². The van der Waals surface area contributed by atoms with Gasteiger partial charge in [0.1, 0.15) is 12.2 Å². The second kappa shape index (κ2) is 6.17. The van der Waals surface area contributed by atoms with Crippen LogP contribution < -0.4 is 4.90 Å². The first-order valence-electron chi connectivity index (χ1n) is 6.51. The molecule has 5 nitrogen and oxygen atoms in total. The molecule has 0 aromatic carbocycles. The molecule has 6 heteroatoms. The smallest absolute Gasteiger partial charge is 0.186 e. The summed E-state index contributed by atoms with van der Waals surface area (Å²) in [5.41, 5.74) is 0.998. The highest BCUT2D eigenvalue weighted by molar-refractivity contribution is 7.15. The molecule has 2 heterocycles. The molecule has 1 aliphatic heterocycles. The molecule has 108 valence electrons. The highest BCUT2D eigenvalue weighted by Gasteiger charge is 2.34. The van der Waals surface area contributed by atoms with Gasteiger partial charge in [-0.1, -0.05) is 25.2 Å². The molecule has 0 aliphatic carbocycles. The first-order chi connectivity index (χ1) is 9.10. The Hall–Kier alpha value is -0.690. The number of aliphatic hydroxyl groups excluding tert-OH is 1. The Balaban J connectivity index is 2.19. The van der Waals surface area contributed by atoms with Gasteiger partial charge in [-0.25, -0.2) is 4.98 Å². The second-order valence-corrected chi connectivity index (χ2v) is 6.13. The van der Waals surface area contributed by atoms with E-state index in [2.05, 4.69) is 23.7 Å². The molecule has 1 saturated heterocycles. The van der Waals surface area contributed by atoms with E-state index < -0.39 is 0 Å². The van der Waals surface area contributed by atoms with Gasteiger partial charge in [-0.3, -0.25) is 0 Å². The fourth-order valence-corrected chi connectivity index (χ4v) is 3.50. The number of ether oxygens (including phenoxy) is 2. The standard InChI is InChI=1S/C13H22N2O3S/c1-8(2)12-11(7-16)19-13(14-12)15-5-9(17-3)10(6-15)18-4/h8-10,16H,5-7H2,1-4H3.